The summed E-state index contributed by atoms with van der Waals surface area (Å²) in [6.45, 7) is 0. The lowest BCUT2D eigenvalue weighted by Gasteiger charge is -2.03. The smallest absolute Gasteiger partial charge is 0.133 e. The highest BCUT2D eigenvalue weighted by molar-refractivity contribution is 9.10. The average molecular weight is 312 g/mol. The van der Waals surface area contributed by atoms with Crippen molar-refractivity contribution in [1.29, 1.82) is 0 Å². The minimum Gasteiger partial charge on any atom is -0.496 e. The van der Waals surface area contributed by atoms with Gasteiger partial charge in [-0.05, 0) is 34.1 Å². The Balaban J connectivity index is 2.54. The molecule has 0 aliphatic heterocycles. The monoisotopic (exact) mass is 310 g/mol. The first-order valence-electron chi connectivity index (χ1n) is 5.00. The van der Waals surface area contributed by atoms with E-state index < -0.39 is 0 Å². The van der Waals surface area contributed by atoms with Gasteiger partial charge in [0, 0.05) is 34.9 Å². The Bertz CT molecular complexity index is 723. The van der Waals surface area contributed by atoms with Crippen molar-refractivity contribution >= 4 is 49.5 Å². The lowest BCUT2D eigenvalue weighted by molar-refractivity contribution is 0.413. The fraction of sp³-hybridized carbons (Fsp3) is 0.0833. The number of hydrogen-bond acceptors (Lipinski definition) is 2. The van der Waals surface area contributed by atoms with E-state index in [1.807, 2.05) is 24.4 Å². The summed E-state index contributed by atoms with van der Waals surface area (Å²) in [5, 5.41) is 2.05. The standard InChI is InChI=1S/C12H8BrClN2O/c1-17-12-4-7-8-6-15-3-2-10(8)16(14)11(7)5-9(12)13/h2-6H,1H3. The van der Waals surface area contributed by atoms with E-state index in [0.29, 0.717) is 0 Å². The number of ether oxygens (including phenoxy) is 1. The van der Waals surface area contributed by atoms with Crippen LogP contribution in [-0.4, -0.2) is 16.2 Å². The molecule has 3 nitrogen and oxygen atoms in total. The lowest BCUT2D eigenvalue weighted by atomic mass is 10.2. The molecule has 0 amide bonds. The molecule has 2 heterocycles. The second-order valence-corrected chi connectivity index (χ2v) is 4.87. The van der Waals surface area contributed by atoms with Crippen LogP contribution in [0.4, 0.5) is 0 Å². The second-order valence-electron chi connectivity index (χ2n) is 3.68. The van der Waals surface area contributed by atoms with Crippen molar-refractivity contribution in [3.05, 3.63) is 35.1 Å². The zero-order valence-corrected chi connectivity index (χ0v) is 11.3. The molecule has 0 bridgehead atoms. The molecule has 3 aromatic rings. The minimum atomic E-state index is 0.783. The van der Waals surface area contributed by atoms with Gasteiger partial charge in [-0.15, -0.1) is 0 Å². The van der Waals surface area contributed by atoms with Crippen LogP contribution in [0.15, 0.2) is 35.1 Å². The number of aromatic nitrogens is 2. The second kappa shape index (κ2) is 3.89. The maximum Gasteiger partial charge on any atom is 0.133 e. The van der Waals surface area contributed by atoms with Crippen molar-refractivity contribution in [2.75, 3.05) is 7.11 Å². The zero-order chi connectivity index (χ0) is 12.0. The van der Waals surface area contributed by atoms with Crippen molar-refractivity contribution < 1.29 is 4.74 Å². The van der Waals surface area contributed by atoms with Crippen LogP contribution in [0.25, 0.3) is 21.8 Å². The molecule has 0 saturated heterocycles. The third kappa shape index (κ3) is 1.51. The van der Waals surface area contributed by atoms with Gasteiger partial charge in [-0.3, -0.25) is 9.07 Å². The van der Waals surface area contributed by atoms with E-state index in [9.17, 15) is 0 Å². The van der Waals surface area contributed by atoms with Crippen molar-refractivity contribution in [1.82, 2.24) is 9.07 Å². The van der Waals surface area contributed by atoms with E-state index in [1.54, 1.807) is 17.4 Å². The number of halogens is 2. The van der Waals surface area contributed by atoms with E-state index in [1.165, 1.54) is 0 Å². The van der Waals surface area contributed by atoms with Crippen LogP contribution >= 0.6 is 27.7 Å². The van der Waals surface area contributed by atoms with E-state index >= 15 is 0 Å². The highest BCUT2D eigenvalue weighted by atomic mass is 79.9. The molecular weight excluding hydrogens is 304 g/mol. The summed E-state index contributed by atoms with van der Waals surface area (Å²) in [5.74, 6) is 0.783. The van der Waals surface area contributed by atoms with Gasteiger partial charge in [0.05, 0.1) is 22.6 Å². The summed E-state index contributed by atoms with van der Waals surface area (Å²) in [5.41, 5.74) is 1.87. The van der Waals surface area contributed by atoms with E-state index in [-0.39, 0.29) is 0 Å². The van der Waals surface area contributed by atoms with Gasteiger partial charge in [-0.2, -0.15) is 0 Å². The summed E-state index contributed by atoms with van der Waals surface area (Å²) in [6, 6.07) is 5.80. The number of rotatable bonds is 1. The van der Waals surface area contributed by atoms with E-state index in [2.05, 4.69) is 20.9 Å². The quantitative estimate of drug-likeness (QED) is 0.680. The van der Waals surface area contributed by atoms with Crippen LogP contribution in [0, 0.1) is 0 Å². The van der Waals surface area contributed by atoms with Gasteiger partial charge in [0.2, 0.25) is 0 Å². The molecule has 5 heteroatoms. The topological polar surface area (TPSA) is 27.1 Å². The number of hydrogen-bond donors (Lipinski definition) is 0. The SMILES string of the molecule is COc1cc2c3cnccc3n(Cl)c2cc1Br. The Morgan fingerprint density at radius 3 is 2.88 bits per heavy atom. The van der Waals surface area contributed by atoms with Gasteiger partial charge in [0.15, 0.2) is 0 Å². The number of benzene rings is 1. The molecule has 0 spiro atoms. The van der Waals surface area contributed by atoms with Crippen molar-refractivity contribution in [2.45, 2.75) is 0 Å². The molecule has 0 saturated carbocycles. The number of fused-ring (bicyclic) bond motifs is 3. The molecule has 0 fully saturated rings. The maximum atomic E-state index is 6.28. The highest BCUT2D eigenvalue weighted by Gasteiger charge is 2.12. The molecule has 0 unspecified atom stereocenters. The van der Waals surface area contributed by atoms with Gasteiger partial charge >= 0.3 is 0 Å². The first-order chi connectivity index (χ1) is 8.22. The third-order valence-electron chi connectivity index (χ3n) is 2.78. The molecule has 0 aliphatic carbocycles. The zero-order valence-electron chi connectivity index (χ0n) is 8.95. The van der Waals surface area contributed by atoms with Crippen molar-refractivity contribution in [3.8, 4) is 5.75 Å². The van der Waals surface area contributed by atoms with Gasteiger partial charge in [0.25, 0.3) is 0 Å². The molecule has 86 valence electrons. The van der Waals surface area contributed by atoms with Crippen LogP contribution in [0.1, 0.15) is 0 Å². The fourth-order valence-corrected chi connectivity index (χ4v) is 2.75. The maximum absolute atomic E-state index is 6.28. The predicted octanol–water partition coefficient (Wildman–Crippen LogP) is 3.96. The van der Waals surface area contributed by atoms with E-state index in [4.69, 9.17) is 16.5 Å². The highest BCUT2D eigenvalue weighted by Crippen LogP contribution is 2.36. The van der Waals surface area contributed by atoms with Gasteiger partial charge in [-0.1, -0.05) is 0 Å². The molecular formula is C12H8BrClN2O. The number of methoxy groups -OCH3 is 1. The van der Waals surface area contributed by atoms with Crippen LogP contribution in [0.3, 0.4) is 0 Å². The van der Waals surface area contributed by atoms with Crippen molar-refractivity contribution in [2.24, 2.45) is 0 Å². The molecule has 3 rings (SSSR count). The Morgan fingerprint density at radius 1 is 1.29 bits per heavy atom. The first-order valence-corrected chi connectivity index (χ1v) is 6.13. The molecule has 0 aliphatic rings. The molecule has 0 atom stereocenters. The first kappa shape index (κ1) is 10.9. The Kier molecular flexibility index (Phi) is 2.49. The number of pyridine rings is 1. The predicted molar refractivity (Wildman–Crippen MR) is 72.7 cm³/mol. The minimum absolute atomic E-state index is 0.783. The Hall–Kier alpha value is -1.26. The molecule has 0 N–H and O–H groups in total. The molecule has 2 aromatic heterocycles. The fourth-order valence-electron chi connectivity index (χ4n) is 1.97. The average Bonchev–Trinajstić information content (AvgIpc) is 2.63. The molecule has 1 aromatic carbocycles. The van der Waals surface area contributed by atoms with Crippen LogP contribution in [-0.2, 0) is 0 Å². The molecule has 17 heavy (non-hydrogen) atoms. The summed E-state index contributed by atoms with van der Waals surface area (Å²) in [6.07, 6.45) is 3.54. The summed E-state index contributed by atoms with van der Waals surface area (Å²) in [7, 11) is 1.64. The number of nitrogens with zero attached hydrogens (tertiary/aromatic N) is 2. The summed E-state index contributed by atoms with van der Waals surface area (Å²) < 4.78 is 7.81. The van der Waals surface area contributed by atoms with Gasteiger partial charge < -0.3 is 4.74 Å². The summed E-state index contributed by atoms with van der Waals surface area (Å²) >= 11 is 9.74. The molecule has 0 radical (unpaired) electrons. The largest absolute Gasteiger partial charge is 0.496 e. The van der Waals surface area contributed by atoms with Crippen LogP contribution in [0.2, 0.25) is 0 Å². The van der Waals surface area contributed by atoms with Crippen LogP contribution < -0.4 is 4.74 Å². The van der Waals surface area contributed by atoms with Crippen molar-refractivity contribution in [3.63, 3.8) is 0 Å². The van der Waals surface area contributed by atoms with Gasteiger partial charge in [-0.25, -0.2) is 0 Å². The Morgan fingerprint density at radius 2 is 2.12 bits per heavy atom. The van der Waals surface area contributed by atoms with Gasteiger partial charge in [0.1, 0.15) is 5.75 Å². The third-order valence-corrected chi connectivity index (χ3v) is 3.77. The lowest BCUT2D eigenvalue weighted by Crippen LogP contribution is -1.85. The summed E-state index contributed by atoms with van der Waals surface area (Å²) in [4.78, 5) is 4.13. The van der Waals surface area contributed by atoms with Crippen LogP contribution in [0.5, 0.6) is 5.75 Å². The normalized spacial score (nSPS) is 11.2. The Labute approximate surface area is 111 Å². The van der Waals surface area contributed by atoms with E-state index in [0.717, 1.165) is 32.0 Å².